The Kier molecular flexibility index (Phi) is 6.81. The average molecular weight is 346 g/mol. The van der Waals surface area contributed by atoms with Crippen molar-refractivity contribution in [1.82, 2.24) is 0 Å². The summed E-state index contributed by atoms with van der Waals surface area (Å²) < 4.78 is 16.8. The molecule has 1 unspecified atom stereocenters. The Labute approximate surface area is 127 Å². The predicted molar refractivity (Wildman–Crippen MR) is 79.9 cm³/mol. The number of ether oxygens (including phenoxy) is 3. The van der Waals surface area contributed by atoms with Crippen LogP contribution in [-0.2, 0) is 16.1 Å². The summed E-state index contributed by atoms with van der Waals surface area (Å²) in [5, 5.41) is 0. The molecule has 6 heteroatoms. The minimum Gasteiger partial charge on any atom is -0.490 e. The van der Waals surface area contributed by atoms with Crippen molar-refractivity contribution in [1.29, 1.82) is 0 Å². The van der Waals surface area contributed by atoms with Crippen molar-refractivity contribution < 1.29 is 19.0 Å². The quantitative estimate of drug-likeness (QED) is 0.769. The highest BCUT2D eigenvalue weighted by Gasteiger charge is 2.20. The molecule has 0 saturated carbocycles. The molecule has 0 amide bonds. The Bertz CT molecular complexity index is 465. The number of rotatable bonds is 7. The molecule has 2 N–H and O–H groups in total. The highest BCUT2D eigenvalue weighted by atomic mass is 79.9. The summed E-state index contributed by atoms with van der Waals surface area (Å²) in [6, 6.07) is 3.65. The van der Waals surface area contributed by atoms with Gasteiger partial charge in [-0.05, 0) is 54.4 Å². The Balaban J connectivity index is 3.00. The first kappa shape index (κ1) is 16.8. The summed E-state index contributed by atoms with van der Waals surface area (Å²) in [4.78, 5) is 11.6. The second kappa shape index (κ2) is 8.11. The van der Waals surface area contributed by atoms with Gasteiger partial charge in [-0.1, -0.05) is 0 Å². The van der Waals surface area contributed by atoms with Gasteiger partial charge >= 0.3 is 5.97 Å². The van der Waals surface area contributed by atoms with Gasteiger partial charge in [0, 0.05) is 6.54 Å². The van der Waals surface area contributed by atoms with Crippen molar-refractivity contribution in [3.63, 3.8) is 0 Å². The third-order valence-electron chi connectivity index (χ3n) is 2.52. The zero-order chi connectivity index (χ0) is 15.1. The molecule has 0 aliphatic carbocycles. The van der Waals surface area contributed by atoms with E-state index in [2.05, 4.69) is 15.9 Å². The molecular weight excluding hydrogens is 326 g/mol. The first-order valence-corrected chi connectivity index (χ1v) is 7.31. The lowest BCUT2D eigenvalue weighted by molar-refractivity contribution is -0.150. The van der Waals surface area contributed by atoms with Gasteiger partial charge in [-0.2, -0.15) is 0 Å². The molecule has 0 spiro atoms. The van der Waals surface area contributed by atoms with E-state index in [0.29, 0.717) is 35.7 Å². The Morgan fingerprint density at radius 1 is 1.35 bits per heavy atom. The average Bonchev–Trinajstić information content (AvgIpc) is 2.42. The lowest BCUT2D eigenvalue weighted by Crippen LogP contribution is -2.26. The summed E-state index contributed by atoms with van der Waals surface area (Å²) in [5.74, 6) is 0.618. The summed E-state index contributed by atoms with van der Waals surface area (Å²) in [6.07, 6.45) is -0.714. The molecule has 0 fully saturated rings. The van der Waals surface area contributed by atoms with E-state index in [1.807, 2.05) is 19.1 Å². The number of esters is 1. The largest absolute Gasteiger partial charge is 0.490 e. The van der Waals surface area contributed by atoms with Crippen LogP contribution in [0.2, 0.25) is 0 Å². The fourth-order valence-corrected chi connectivity index (χ4v) is 2.18. The van der Waals surface area contributed by atoms with Gasteiger partial charge in [0.1, 0.15) is 0 Å². The van der Waals surface area contributed by atoms with E-state index in [-0.39, 0.29) is 0 Å². The number of carbonyl (C=O) groups excluding carboxylic acids is 1. The predicted octanol–water partition coefficient (Wildman–Crippen LogP) is 2.64. The fraction of sp³-hybridized carbons (Fsp3) is 0.500. The summed E-state index contributed by atoms with van der Waals surface area (Å²) >= 11 is 3.41. The molecule has 5 nitrogen and oxygen atoms in total. The van der Waals surface area contributed by atoms with Crippen LogP contribution in [0.15, 0.2) is 16.6 Å². The van der Waals surface area contributed by atoms with E-state index in [4.69, 9.17) is 19.9 Å². The molecule has 0 aliphatic heterocycles. The van der Waals surface area contributed by atoms with Crippen LogP contribution >= 0.6 is 15.9 Å². The van der Waals surface area contributed by atoms with E-state index in [0.717, 1.165) is 5.56 Å². The second-order valence-corrected chi connectivity index (χ2v) is 4.91. The Morgan fingerprint density at radius 2 is 2.05 bits per heavy atom. The lowest BCUT2D eigenvalue weighted by Gasteiger charge is -2.18. The Morgan fingerprint density at radius 3 is 2.60 bits per heavy atom. The third-order valence-corrected chi connectivity index (χ3v) is 3.11. The smallest absolute Gasteiger partial charge is 0.347 e. The molecule has 0 saturated heterocycles. The van der Waals surface area contributed by atoms with Crippen LogP contribution in [0.1, 0.15) is 26.3 Å². The summed E-state index contributed by atoms with van der Waals surface area (Å²) in [6.45, 7) is 6.47. The fourth-order valence-electron chi connectivity index (χ4n) is 1.60. The number of hydrogen-bond acceptors (Lipinski definition) is 5. The first-order chi connectivity index (χ1) is 9.53. The van der Waals surface area contributed by atoms with Gasteiger partial charge in [0.2, 0.25) is 0 Å². The highest BCUT2D eigenvalue weighted by molar-refractivity contribution is 9.10. The van der Waals surface area contributed by atoms with E-state index in [1.165, 1.54) is 0 Å². The molecule has 1 aromatic rings. The molecule has 0 heterocycles. The van der Waals surface area contributed by atoms with Gasteiger partial charge in [-0.15, -0.1) is 0 Å². The normalized spacial score (nSPS) is 11.8. The summed E-state index contributed by atoms with van der Waals surface area (Å²) in [5.41, 5.74) is 6.54. The van der Waals surface area contributed by atoms with Gasteiger partial charge in [-0.25, -0.2) is 4.79 Å². The Hall–Kier alpha value is -1.27. The maximum absolute atomic E-state index is 11.6. The zero-order valence-electron chi connectivity index (χ0n) is 11.9. The zero-order valence-corrected chi connectivity index (χ0v) is 13.5. The molecule has 0 radical (unpaired) electrons. The molecule has 1 atom stereocenters. The van der Waals surface area contributed by atoms with Crippen LogP contribution in [-0.4, -0.2) is 25.3 Å². The van der Waals surface area contributed by atoms with Crippen molar-refractivity contribution >= 4 is 21.9 Å². The first-order valence-electron chi connectivity index (χ1n) is 6.52. The highest BCUT2D eigenvalue weighted by Crippen LogP contribution is 2.37. The van der Waals surface area contributed by atoms with Gasteiger partial charge in [-0.3, -0.25) is 0 Å². The van der Waals surface area contributed by atoms with E-state index < -0.39 is 12.1 Å². The molecule has 0 aromatic heterocycles. The van der Waals surface area contributed by atoms with Crippen molar-refractivity contribution in [2.45, 2.75) is 33.4 Å². The van der Waals surface area contributed by atoms with Crippen LogP contribution in [0.4, 0.5) is 0 Å². The third kappa shape index (κ3) is 4.38. The van der Waals surface area contributed by atoms with Crippen LogP contribution in [0.3, 0.4) is 0 Å². The van der Waals surface area contributed by atoms with Crippen LogP contribution in [0, 0.1) is 0 Å². The maximum Gasteiger partial charge on any atom is 0.347 e. The van der Waals surface area contributed by atoms with Gasteiger partial charge in [0.25, 0.3) is 0 Å². The van der Waals surface area contributed by atoms with E-state index in [1.54, 1.807) is 13.8 Å². The summed E-state index contributed by atoms with van der Waals surface area (Å²) in [7, 11) is 0. The van der Waals surface area contributed by atoms with Crippen molar-refractivity contribution in [3.05, 3.63) is 22.2 Å². The number of hydrogen-bond donors (Lipinski definition) is 1. The van der Waals surface area contributed by atoms with E-state index >= 15 is 0 Å². The van der Waals surface area contributed by atoms with Crippen molar-refractivity contribution in [3.8, 4) is 11.5 Å². The van der Waals surface area contributed by atoms with Crippen LogP contribution in [0.25, 0.3) is 0 Å². The van der Waals surface area contributed by atoms with Gasteiger partial charge in [0.15, 0.2) is 17.6 Å². The molecule has 1 aromatic carbocycles. The topological polar surface area (TPSA) is 70.8 Å². The lowest BCUT2D eigenvalue weighted by atomic mass is 10.2. The number of benzene rings is 1. The monoisotopic (exact) mass is 345 g/mol. The number of nitrogens with two attached hydrogens (primary N) is 1. The molecule has 0 aliphatic rings. The van der Waals surface area contributed by atoms with Crippen LogP contribution in [0.5, 0.6) is 11.5 Å². The number of halogens is 1. The molecule has 0 bridgehead atoms. The van der Waals surface area contributed by atoms with Crippen molar-refractivity contribution in [2.75, 3.05) is 13.2 Å². The maximum atomic E-state index is 11.6. The number of carbonyl (C=O) groups is 1. The molecular formula is C14H20BrNO4. The second-order valence-electron chi connectivity index (χ2n) is 4.05. The van der Waals surface area contributed by atoms with Crippen LogP contribution < -0.4 is 15.2 Å². The minimum absolute atomic E-state index is 0.318. The minimum atomic E-state index is -0.714. The van der Waals surface area contributed by atoms with Gasteiger partial charge < -0.3 is 19.9 Å². The molecule has 20 heavy (non-hydrogen) atoms. The SMILES string of the molecule is CCOC(=O)C(C)Oc1c(Br)cc(CN)cc1OCC. The molecule has 1 rings (SSSR count). The standard InChI is InChI=1S/C14H20BrNO4/c1-4-18-12-7-10(8-16)6-11(15)13(12)20-9(3)14(17)19-5-2/h6-7,9H,4-5,8,16H2,1-3H3. The van der Waals surface area contributed by atoms with E-state index in [9.17, 15) is 4.79 Å². The van der Waals surface area contributed by atoms with Crippen molar-refractivity contribution in [2.24, 2.45) is 5.73 Å². The molecule has 112 valence electrons. The van der Waals surface area contributed by atoms with Gasteiger partial charge in [0.05, 0.1) is 17.7 Å².